The van der Waals surface area contributed by atoms with Crippen LogP contribution in [0.3, 0.4) is 0 Å². The van der Waals surface area contributed by atoms with E-state index >= 15 is 0 Å². The summed E-state index contributed by atoms with van der Waals surface area (Å²) in [5.74, 6) is 0.611. The molecule has 1 aromatic heterocycles. The smallest absolute Gasteiger partial charge is 0.230 e. The van der Waals surface area contributed by atoms with Crippen molar-refractivity contribution in [3.05, 3.63) is 11.3 Å². The molecule has 0 bridgehead atoms. The molecule has 17 heavy (non-hydrogen) atoms. The summed E-state index contributed by atoms with van der Waals surface area (Å²) in [6.45, 7) is 3.92. The summed E-state index contributed by atoms with van der Waals surface area (Å²) in [4.78, 5) is 2.29. The number of nitriles is 1. The Kier molecular flexibility index (Phi) is 3.34. The van der Waals surface area contributed by atoms with Gasteiger partial charge >= 0.3 is 0 Å². The lowest BCUT2D eigenvalue weighted by molar-refractivity contribution is 0.105. The minimum absolute atomic E-state index is 0.202. The third kappa shape index (κ3) is 2.42. The van der Waals surface area contributed by atoms with Crippen LogP contribution in [0.2, 0.25) is 0 Å². The van der Waals surface area contributed by atoms with Gasteiger partial charge in [-0.05, 0) is 26.8 Å². The van der Waals surface area contributed by atoms with Crippen LogP contribution >= 0.6 is 0 Å². The molecule has 1 saturated heterocycles. The number of hydrogen-bond acceptors (Lipinski definition) is 4. The first-order valence-electron chi connectivity index (χ1n) is 5.90. The maximum Gasteiger partial charge on any atom is 0.230 e. The second-order valence-electron chi connectivity index (χ2n) is 4.62. The van der Waals surface area contributed by atoms with Crippen LogP contribution in [0.4, 0.5) is 0 Å². The highest BCUT2D eigenvalue weighted by Gasteiger charge is 2.22. The van der Waals surface area contributed by atoms with Gasteiger partial charge < -0.3 is 9.64 Å². The van der Waals surface area contributed by atoms with E-state index in [0.29, 0.717) is 11.4 Å². The van der Waals surface area contributed by atoms with Gasteiger partial charge in [-0.3, -0.25) is 0 Å². The minimum Gasteiger partial charge on any atom is -0.473 e. The van der Waals surface area contributed by atoms with Crippen molar-refractivity contribution < 1.29 is 4.74 Å². The van der Waals surface area contributed by atoms with Crippen LogP contribution in [0.5, 0.6) is 5.88 Å². The molecule has 0 aliphatic carbocycles. The van der Waals surface area contributed by atoms with E-state index in [0.717, 1.165) is 31.6 Å². The fraction of sp³-hybridized carbons (Fsp3) is 0.667. The molecule has 2 heterocycles. The van der Waals surface area contributed by atoms with Crippen molar-refractivity contribution in [2.24, 2.45) is 7.05 Å². The highest BCUT2D eigenvalue weighted by atomic mass is 16.5. The monoisotopic (exact) mass is 234 g/mol. The van der Waals surface area contributed by atoms with Gasteiger partial charge in [-0.2, -0.15) is 10.4 Å². The van der Waals surface area contributed by atoms with Gasteiger partial charge in [-0.1, -0.05) is 0 Å². The minimum atomic E-state index is 0.202. The van der Waals surface area contributed by atoms with Gasteiger partial charge in [0, 0.05) is 20.1 Å². The largest absolute Gasteiger partial charge is 0.473 e. The van der Waals surface area contributed by atoms with E-state index in [1.807, 2.05) is 14.0 Å². The van der Waals surface area contributed by atoms with Gasteiger partial charge in [0.15, 0.2) is 0 Å². The summed E-state index contributed by atoms with van der Waals surface area (Å²) in [6.07, 6.45) is 2.21. The van der Waals surface area contributed by atoms with Crippen LogP contribution in [-0.4, -0.2) is 40.9 Å². The van der Waals surface area contributed by atoms with Gasteiger partial charge in [0.2, 0.25) is 5.88 Å². The summed E-state index contributed by atoms with van der Waals surface area (Å²) < 4.78 is 7.59. The Hall–Kier alpha value is -1.54. The predicted octanol–water partition coefficient (Wildman–Crippen LogP) is 1.07. The third-order valence-electron chi connectivity index (χ3n) is 3.23. The van der Waals surface area contributed by atoms with E-state index in [1.54, 1.807) is 4.68 Å². The first-order chi connectivity index (χ1) is 8.11. The Morgan fingerprint density at radius 3 is 2.59 bits per heavy atom. The van der Waals surface area contributed by atoms with E-state index in [4.69, 9.17) is 10.00 Å². The van der Waals surface area contributed by atoms with Crippen molar-refractivity contribution in [1.82, 2.24) is 14.7 Å². The van der Waals surface area contributed by atoms with Gasteiger partial charge in [0.25, 0.3) is 0 Å². The van der Waals surface area contributed by atoms with Crippen molar-refractivity contribution in [3.8, 4) is 11.9 Å². The molecule has 0 atom stereocenters. The molecule has 5 heteroatoms. The third-order valence-corrected chi connectivity index (χ3v) is 3.23. The quantitative estimate of drug-likeness (QED) is 0.768. The van der Waals surface area contributed by atoms with Crippen molar-refractivity contribution in [1.29, 1.82) is 5.26 Å². The molecular formula is C12H18N4O. The topological polar surface area (TPSA) is 54.1 Å². The predicted molar refractivity (Wildman–Crippen MR) is 63.8 cm³/mol. The summed E-state index contributed by atoms with van der Waals surface area (Å²) in [5, 5.41) is 13.3. The molecule has 1 aliphatic rings. The number of hydrogen-bond donors (Lipinski definition) is 0. The Labute approximate surface area is 102 Å². The lowest BCUT2D eigenvalue weighted by atomic mass is 10.1. The number of ether oxygens (including phenoxy) is 1. The number of likely N-dealkylation sites (tertiary alicyclic amines) is 1. The standard InChI is InChI=1S/C12H18N4O/c1-9-11(8-13)12(16(3)14-9)17-10-4-6-15(2)7-5-10/h10H,4-7H2,1-3H3. The molecule has 0 radical (unpaired) electrons. The van der Waals surface area contributed by atoms with E-state index < -0.39 is 0 Å². The Balaban J connectivity index is 2.11. The zero-order valence-corrected chi connectivity index (χ0v) is 10.6. The van der Waals surface area contributed by atoms with Crippen LogP contribution in [0.25, 0.3) is 0 Å². The van der Waals surface area contributed by atoms with Crippen LogP contribution in [0.15, 0.2) is 0 Å². The molecule has 1 fully saturated rings. The lowest BCUT2D eigenvalue weighted by Gasteiger charge is -2.29. The highest BCUT2D eigenvalue weighted by molar-refractivity contribution is 5.42. The van der Waals surface area contributed by atoms with Crippen molar-refractivity contribution in [3.63, 3.8) is 0 Å². The molecule has 1 aliphatic heterocycles. The first-order valence-corrected chi connectivity index (χ1v) is 5.90. The molecule has 0 saturated carbocycles. The molecule has 92 valence electrons. The fourth-order valence-corrected chi connectivity index (χ4v) is 2.16. The van der Waals surface area contributed by atoms with Crippen LogP contribution in [0, 0.1) is 18.3 Å². The summed E-state index contributed by atoms with van der Waals surface area (Å²) in [6, 6.07) is 2.16. The second-order valence-corrected chi connectivity index (χ2v) is 4.62. The van der Waals surface area contributed by atoms with E-state index in [1.165, 1.54) is 0 Å². The average Bonchev–Trinajstić information content (AvgIpc) is 2.57. The van der Waals surface area contributed by atoms with E-state index in [-0.39, 0.29) is 6.10 Å². The number of rotatable bonds is 2. The molecule has 5 nitrogen and oxygen atoms in total. The summed E-state index contributed by atoms with van der Waals surface area (Å²) >= 11 is 0. The Bertz CT molecular complexity index is 438. The molecule has 0 unspecified atom stereocenters. The van der Waals surface area contributed by atoms with Crippen LogP contribution in [0.1, 0.15) is 24.1 Å². The fourth-order valence-electron chi connectivity index (χ4n) is 2.16. The zero-order valence-electron chi connectivity index (χ0n) is 10.6. The molecule has 0 N–H and O–H groups in total. The number of aromatic nitrogens is 2. The molecule has 0 amide bonds. The number of piperidine rings is 1. The van der Waals surface area contributed by atoms with Gasteiger partial charge in [0.05, 0.1) is 5.69 Å². The van der Waals surface area contributed by atoms with Crippen molar-refractivity contribution in [2.45, 2.75) is 25.9 Å². The van der Waals surface area contributed by atoms with Crippen molar-refractivity contribution >= 4 is 0 Å². The first kappa shape index (κ1) is 11.9. The maximum absolute atomic E-state index is 9.09. The molecular weight excluding hydrogens is 216 g/mol. The van der Waals surface area contributed by atoms with E-state index in [9.17, 15) is 0 Å². The molecule has 1 aromatic rings. The lowest BCUT2D eigenvalue weighted by Crippen LogP contribution is -2.36. The normalized spacial score (nSPS) is 18.0. The van der Waals surface area contributed by atoms with Gasteiger partial charge in [0.1, 0.15) is 17.7 Å². The van der Waals surface area contributed by atoms with E-state index in [2.05, 4.69) is 23.1 Å². The molecule has 0 spiro atoms. The maximum atomic E-state index is 9.09. The van der Waals surface area contributed by atoms with Gasteiger partial charge in [-0.15, -0.1) is 0 Å². The molecule has 2 rings (SSSR count). The Morgan fingerprint density at radius 2 is 2.00 bits per heavy atom. The van der Waals surface area contributed by atoms with Crippen molar-refractivity contribution in [2.75, 3.05) is 20.1 Å². The number of aryl methyl sites for hydroxylation is 2. The second kappa shape index (κ2) is 4.76. The highest BCUT2D eigenvalue weighted by Crippen LogP contribution is 2.24. The SMILES string of the molecule is Cc1nn(C)c(OC2CCN(C)CC2)c1C#N. The number of nitrogens with zero attached hydrogens (tertiary/aromatic N) is 4. The van der Waals surface area contributed by atoms with Gasteiger partial charge in [-0.25, -0.2) is 4.68 Å². The van der Waals surface area contributed by atoms with Crippen LogP contribution < -0.4 is 4.74 Å². The summed E-state index contributed by atoms with van der Waals surface area (Å²) in [5.41, 5.74) is 1.30. The Morgan fingerprint density at radius 1 is 1.35 bits per heavy atom. The molecule has 0 aromatic carbocycles. The van der Waals surface area contributed by atoms with Crippen LogP contribution in [-0.2, 0) is 7.05 Å². The average molecular weight is 234 g/mol. The zero-order chi connectivity index (χ0) is 12.4. The summed E-state index contributed by atoms with van der Waals surface area (Å²) in [7, 11) is 3.93.